The Bertz CT molecular complexity index is 317. The second-order valence-electron chi connectivity index (χ2n) is 4.10. The minimum absolute atomic E-state index is 0.0340. The topological polar surface area (TPSA) is 47.0 Å². The molecule has 15 heavy (non-hydrogen) atoms. The van der Waals surface area contributed by atoms with E-state index in [1.54, 1.807) is 19.5 Å². The standard InChI is InChI=1S/C10H16ClN3O/c1-10(2,6-11)7-13-8-4-12-5-9(14-8)15-3/h4-5H,6-7H2,1-3H3,(H,13,14). The van der Waals surface area contributed by atoms with E-state index in [1.807, 2.05) is 0 Å². The number of anilines is 1. The van der Waals surface area contributed by atoms with E-state index >= 15 is 0 Å². The molecule has 0 fully saturated rings. The highest BCUT2D eigenvalue weighted by Crippen LogP contribution is 2.18. The summed E-state index contributed by atoms with van der Waals surface area (Å²) in [5.41, 5.74) is 0.0340. The van der Waals surface area contributed by atoms with Crippen molar-refractivity contribution in [1.82, 2.24) is 9.97 Å². The van der Waals surface area contributed by atoms with Crippen molar-refractivity contribution >= 4 is 17.4 Å². The van der Waals surface area contributed by atoms with E-state index in [2.05, 4.69) is 29.1 Å². The predicted molar refractivity (Wildman–Crippen MR) is 61.6 cm³/mol. The van der Waals surface area contributed by atoms with Crippen LogP contribution in [0.3, 0.4) is 0 Å². The molecule has 1 aromatic rings. The fraction of sp³-hybridized carbons (Fsp3) is 0.600. The maximum Gasteiger partial charge on any atom is 0.233 e. The van der Waals surface area contributed by atoms with E-state index in [0.717, 1.165) is 6.54 Å². The van der Waals surface area contributed by atoms with Crippen molar-refractivity contribution in [3.05, 3.63) is 12.4 Å². The van der Waals surface area contributed by atoms with E-state index in [-0.39, 0.29) is 5.41 Å². The van der Waals surface area contributed by atoms with Crippen molar-refractivity contribution in [2.75, 3.05) is 24.9 Å². The first-order valence-electron chi connectivity index (χ1n) is 4.73. The second kappa shape index (κ2) is 5.16. The zero-order valence-corrected chi connectivity index (χ0v) is 10.0. The summed E-state index contributed by atoms with van der Waals surface area (Å²) in [6.45, 7) is 4.92. The van der Waals surface area contributed by atoms with E-state index in [9.17, 15) is 0 Å². The summed E-state index contributed by atoms with van der Waals surface area (Å²) in [4.78, 5) is 8.19. The van der Waals surface area contributed by atoms with Crippen molar-refractivity contribution in [1.29, 1.82) is 0 Å². The average Bonchev–Trinajstić information content (AvgIpc) is 2.27. The van der Waals surface area contributed by atoms with Crippen LogP contribution in [0.2, 0.25) is 0 Å². The highest BCUT2D eigenvalue weighted by molar-refractivity contribution is 6.18. The molecule has 0 radical (unpaired) electrons. The molecule has 0 aliphatic rings. The average molecular weight is 230 g/mol. The Morgan fingerprint density at radius 1 is 1.47 bits per heavy atom. The van der Waals surface area contributed by atoms with Crippen molar-refractivity contribution in [2.45, 2.75) is 13.8 Å². The summed E-state index contributed by atoms with van der Waals surface area (Å²) in [5, 5.41) is 3.17. The molecule has 0 spiro atoms. The van der Waals surface area contributed by atoms with Gasteiger partial charge in [-0.3, -0.25) is 4.98 Å². The number of rotatable bonds is 5. The molecular formula is C10H16ClN3O. The normalized spacial score (nSPS) is 11.2. The van der Waals surface area contributed by atoms with Gasteiger partial charge in [-0.25, -0.2) is 0 Å². The largest absolute Gasteiger partial charge is 0.480 e. The summed E-state index contributed by atoms with van der Waals surface area (Å²) in [5.74, 6) is 1.80. The van der Waals surface area contributed by atoms with Crippen LogP contribution in [0.1, 0.15) is 13.8 Å². The summed E-state index contributed by atoms with van der Waals surface area (Å²) in [6, 6.07) is 0. The first kappa shape index (κ1) is 12.0. The molecule has 0 atom stereocenters. The number of nitrogens with one attached hydrogen (secondary N) is 1. The smallest absolute Gasteiger partial charge is 0.233 e. The van der Waals surface area contributed by atoms with Crippen molar-refractivity contribution in [3.63, 3.8) is 0 Å². The molecule has 84 valence electrons. The molecule has 0 aromatic carbocycles. The maximum absolute atomic E-state index is 5.82. The second-order valence-corrected chi connectivity index (χ2v) is 4.37. The van der Waals surface area contributed by atoms with Crippen LogP contribution in [-0.2, 0) is 0 Å². The van der Waals surface area contributed by atoms with Crippen LogP contribution in [0.25, 0.3) is 0 Å². The lowest BCUT2D eigenvalue weighted by Gasteiger charge is -2.21. The molecule has 0 aliphatic heterocycles. The molecule has 5 heteroatoms. The summed E-state index contributed by atoms with van der Waals surface area (Å²) < 4.78 is 4.97. The van der Waals surface area contributed by atoms with Gasteiger partial charge in [0.1, 0.15) is 5.82 Å². The Morgan fingerprint density at radius 3 is 2.80 bits per heavy atom. The van der Waals surface area contributed by atoms with Crippen LogP contribution < -0.4 is 10.1 Å². The number of halogens is 1. The van der Waals surface area contributed by atoms with Gasteiger partial charge in [-0.2, -0.15) is 4.98 Å². The molecular weight excluding hydrogens is 214 g/mol. The van der Waals surface area contributed by atoms with Crippen LogP contribution >= 0.6 is 11.6 Å². The third kappa shape index (κ3) is 3.91. The number of hydrogen-bond acceptors (Lipinski definition) is 4. The lowest BCUT2D eigenvalue weighted by molar-refractivity contribution is 0.395. The number of alkyl halides is 1. The Hall–Kier alpha value is -1.03. The highest BCUT2D eigenvalue weighted by atomic mass is 35.5. The number of methoxy groups -OCH3 is 1. The Kier molecular flexibility index (Phi) is 4.15. The third-order valence-electron chi connectivity index (χ3n) is 1.93. The van der Waals surface area contributed by atoms with E-state index in [0.29, 0.717) is 17.6 Å². The molecule has 0 saturated carbocycles. The van der Waals surface area contributed by atoms with Crippen LogP contribution in [-0.4, -0.2) is 29.5 Å². The molecule has 0 saturated heterocycles. The molecule has 4 nitrogen and oxygen atoms in total. The Labute approximate surface area is 95.0 Å². The minimum Gasteiger partial charge on any atom is -0.480 e. The first-order chi connectivity index (χ1) is 7.07. The highest BCUT2D eigenvalue weighted by Gasteiger charge is 2.16. The van der Waals surface area contributed by atoms with Crippen LogP contribution in [0.15, 0.2) is 12.4 Å². The van der Waals surface area contributed by atoms with Crippen LogP contribution in [0.5, 0.6) is 5.88 Å². The van der Waals surface area contributed by atoms with Gasteiger partial charge < -0.3 is 10.1 Å². The van der Waals surface area contributed by atoms with Gasteiger partial charge in [0, 0.05) is 12.4 Å². The molecule has 1 aromatic heterocycles. The lowest BCUT2D eigenvalue weighted by Crippen LogP contribution is -2.25. The third-order valence-corrected chi connectivity index (χ3v) is 2.65. The van der Waals surface area contributed by atoms with Gasteiger partial charge in [-0.1, -0.05) is 13.8 Å². The molecule has 1 N–H and O–H groups in total. The fourth-order valence-corrected chi connectivity index (χ4v) is 1.00. The van der Waals surface area contributed by atoms with Gasteiger partial charge in [0.15, 0.2) is 0 Å². The Morgan fingerprint density at radius 2 is 2.20 bits per heavy atom. The van der Waals surface area contributed by atoms with Gasteiger partial charge in [-0.15, -0.1) is 11.6 Å². The monoisotopic (exact) mass is 229 g/mol. The Balaban J connectivity index is 2.57. The maximum atomic E-state index is 5.82. The molecule has 0 bridgehead atoms. The van der Waals surface area contributed by atoms with Crippen LogP contribution in [0.4, 0.5) is 5.82 Å². The van der Waals surface area contributed by atoms with Gasteiger partial charge in [-0.05, 0) is 5.41 Å². The van der Waals surface area contributed by atoms with Crippen molar-refractivity contribution in [3.8, 4) is 5.88 Å². The summed E-state index contributed by atoms with van der Waals surface area (Å²) >= 11 is 5.82. The quantitative estimate of drug-likeness (QED) is 0.787. The summed E-state index contributed by atoms with van der Waals surface area (Å²) in [6.07, 6.45) is 3.23. The van der Waals surface area contributed by atoms with Gasteiger partial charge in [0.25, 0.3) is 0 Å². The SMILES string of the molecule is COc1cncc(NCC(C)(C)CCl)n1. The minimum atomic E-state index is 0.0340. The predicted octanol–water partition coefficient (Wildman–Crippen LogP) is 2.16. The fourth-order valence-electron chi connectivity index (χ4n) is 0.909. The lowest BCUT2D eigenvalue weighted by atomic mass is 9.97. The van der Waals surface area contributed by atoms with Crippen LogP contribution in [0, 0.1) is 5.41 Å². The number of aromatic nitrogens is 2. The van der Waals surface area contributed by atoms with Gasteiger partial charge in [0.2, 0.25) is 5.88 Å². The number of nitrogens with zero attached hydrogens (tertiary/aromatic N) is 2. The van der Waals surface area contributed by atoms with E-state index in [1.165, 1.54) is 0 Å². The molecule has 1 rings (SSSR count). The molecule has 0 unspecified atom stereocenters. The first-order valence-corrected chi connectivity index (χ1v) is 5.27. The zero-order chi connectivity index (χ0) is 11.3. The summed E-state index contributed by atoms with van der Waals surface area (Å²) in [7, 11) is 1.57. The van der Waals surface area contributed by atoms with Gasteiger partial charge in [0.05, 0.1) is 19.5 Å². The van der Waals surface area contributed by atoms with Gasteiger partial charge >= 0.3 is 0 Å². The number of hydrogen-bond donors (Lipinski definition) is 1. The number of ether oxygens (including phenoxy) is 1. The zero-order valence-electron chi connectivity index (χ0n) is 9.25. The van der Waals surface area contributed by atoms with E-state index in [4.69, 9.17) is 16.3 Å². The molecule has 1 heterocycles. The molecule has 0 aliphatic carbocycles. The van der Waals surface area contributed by atoms with Crippen molar-refractivity contribution in [2.24, 2.45) is 5.41 Å². The van der Waals surface area contributed by atoms with Crippen molar-refractivity contribution < 1.29 is 4.74 Å². The van der Waals surface area contributed by atoms with E-state index < -0.39 is 0 Å². The molecule has 0 amide bonds.